The molecule has 1 aliphatic rings. The highest BCUT2D eigenvalue weighted by Crippen LogP contribution is 2.20. The van der Waals surface area contributed by atoms with Gasteiger partial charge in [0.1, 0.15) is 6.20 Å². The first-order valence-electron chi connectivity index (χ1n) is 7.54. The minimum Gasteiger partial charge on any atom is -0.371 e. The highest BCUT2D eigenvalue weighted by Gasteiger charge is 2.15. The summed E-state index contributed by atoms with van der Waals surface area (Å²) in [5.74, 6) is 0.296. The van der Waals surface area contributed by atoms with Crippen molar-refractivity contribution in [1.29, 1.82) is 0 Å². The molecule has 1 saturated heterocycles. The molecule has 1 aromatic heterocycles. The summed E-state index contributed by atoms with van der Waals surface area (Å²) in [7, 11) is 0. The molecule has 1 atom stereocenters. The summed E-state index contributed by atoms with van der Waals surface area (Å²) in [5.41, 5.74) is 2.61. The van der Waals surface area contributed by atoms with Crippen molar-refractivity contribution >= 4 is 11.6 Å². The molecule has 5 heteroatoms. The number of hydrogen-bond acceptors (Lipinski definition) is 4. The Morgan fingerprint density at radius 1 is 1.30 bits per heavy atom. The van der Waals surface area contributed by atoms with Crippen molar-refractivity contribution in [1.82, 2.24) is 10.3 Å². The van der Waals surface area contributed by atoms with E-state index in [4.69, 9.17) is 11.3 Å². The molecule has 1 aromatic carbocycles. The van der Waals surface area contributed by atoms with Crippen LogP contribution in [-0.4, -0.2) is 30.5 Å². The van der Waals surface area contributed by atoms with Gasteiger partial charge in [0.05, 0.1) is 18.3 Å². The van der Waals surface area contributed by atoms with E-state index in [9.17, 15) is 4.79 Å². The predicted octanol–water partition coefficient (Wildman–Crippen LogP) is 2.72. The zero-order valence-corrected chi connectivity index (χ0v) is 12.7. The highest BCUT2D eigenvalue weighted by atomic mass is 16.5. The first-order chi connectivity index (χ1) is 11.3. The molecule has 0 radical (unpaired) electrons. The Morgan fingerprint density at radius 2 is 2.13 bits per heavy atom. The largest absolute Gasteiger partial charge is 0.371 e. The number of nitrogens with one attached hydrogen (secondary N) is 1. The molecule has 0 bridgehead atoms. The molecule has 23 heavy (non-hydrogen) atoms. The maximum absolute atomic E-state index is 12.2. The van der Waals surface area contributed by atoms with Crippen LogP contribution in [0.1, 0.15) is 27.6 Å². The number of aromatic nitrogens is 1. The standard InChI is InChI=1S/C18H17N3O2/c1-19-18-7-6-15(11-21-18)16(22)10-13-2-4-14(5-3-13)17-12-20-8-9-23-17/h2-7,11,17,20H,8-10,12H2/t17-/m1/s1. The fourth-order valence-electron chi connectivity index (χ4n) is 2.53. The molecule has 1 fully saturated rings. The van der Waals surface area contributed by atoms with E-state index < -0.39 is 0 Å². The molecular weight excluding hydrogens is 290 g/mol. The molecule has 116 valence electrons. The average molecular weight is 307 g/mol. The molecule has 0 spiro atoms. The lowest BCUT2D eigenvalue weighted by Crippen LogP contribution is -2.33. The summed E-state index contributed by atoms with van der Waals surface area (Å²) >= 11 is 0. The van der Waals surface area contributed by atoms with Gasteiger partial charge in [0.2, 0.25) is 0 Å². The van der Waals surface area contributed by atoms with Crippen molar-refractivity contribution in [3.05, 3.63) is 70.7 Å². The van der Waals surface area contributed by atoms with Crippen LogP contribution in [0.2, 0.25) is 0 Å². The number of Topliss-reactive ketones (excluding diaryl/α,β-unsaturated/α-hetero) is 1. The average Bonchev–Trinajstić information content (AvgIpc) is 2.63. The van der Waals surface area contributed by atoms with Gasteiger partial charge >= 0.3 is 0 Å². The van der Waals surface area contributed by atoms with E-state index in [2.05, 4.69) is 15.1 Å². The van der Waals surface area contributed by atoms with Gasteiger partial charge in [-0.3, -0.25) is 4.79 Å². The van der Waals surface area contributed by atoms with E-state index in [0.29, 0.717) is 17.8 Å². The number of benzene rings is 1. The Kier molecular flexibility index (Phi) is 4.77. The summed E-state index contributed by atoms with van der Waals surface area (Å²) < 4.78 is 5.71. The first kappa shape index (κ1) is 15.3. The van der Waals surface area contributed by atoms with Crippen LogP contribution in [0.25, 0.3) is 4.85 Å². The van der Waals surface area contributed by atoms with Crippen LogP contribution in [0.5, 0.6) is 0 Å². The maximum Gasteiger partial charge on any atom is 0.269 e. The van der Waals surface area contributed by atoms with Crippen molar-refractivity contribution in [2.24, 2.45) is 0 Å². The molecule has 0 aliphatic carbocycles. The van der Waals surface area contributed by atoms with E-state index >= 15 is 0 Å². The molecule has 0 saturated carbocycles. The van der Waals surface area contributed by atoms with Gasteiger partial charge in [-0.1, -0.05) is 36.9 Å². The minimum absolute atomic E-state index is 0.00244. The monoisotopic (exact) mass is 307 g/mol. The number of carbonyl (C=O) groups is 1. The number of ether oxygens (including phenoxy) is 1. The number of nitrogens with zero attached hydrogens (tertiary/aromatic N) is 2. The lowest BCUT2D eigenvalue weighted by molar-refractivity contribution is 0.0277. The zero-order chi connectivity index (χ0) is 16.1. The quantitative estimate of drug-likeness (QED) is 0.697. The van der Waals surface area contributed by atoms with Crippen LogP contribution >= 0.6 is 0 Å². The summed E-state index contributed by atoms with van der Waals surface area (Å²) in [6.07, 6.45) is 1.87. The second-order valence-corrected chi connectivity index (χ2v) is 5.42. The molecule has 0 unspecified atom stereocenters. The van der Waals surface area contributed by atoms with E-state index in [1.165, 1.54) is 6.20 Å². The number of pyridine rings is 1. The molecule has 1 aliphatic heterocycles. The van der Waals surface area contributed by atoms with Gasteiger partial charge in [0.25, 0.3) is 5.82 Å². The van der Waals surface area contributed by atoms with Crippen LogP contribution in [0.3, 0.4) is 0 Å². The molecule has 0 amide bonds. The van der Waals surface area contributed by atoms with Gasteiger partial charge in [0.15, 0.2) is 5.78 Å². The Morgan fingerprint density at radius 3 is 2.74 bits per heavy atom. The number of ketones is 1. The van der Waals surface area contributed by atoms with Gasteiger partial charge in [-0.05, 0) is 17.2 Å². The fraction of sp³-hybridized carbons (Fsp3) is 0.278. The first-order valence-corrected chi connectivity index (χ1v) is 7.54. The van der Waals surface area contributed by atoms with Gasteiger partial charge < -0.3 is 14.9 Å². The van der Waals surface area contributed by atoms with Crippen LogP contribution in [0, 0.1) is 6.57 Å². The van der Waals surface area contributed by atoms with E-state index in [1.54, 1.807) is 12.1 Å². The van der Waals surface area contributed by atoms with Crippen LogP contribution in [-0.2, 0) is 11.2 Å². The van der Waals surface area contributed by atoms with Gasteiger partial charge in [-0.25, -0.2) is 0 Å². The van der Waals surface area contributed by atoms with Crippen molar-refractivity contribution < 1.29 is 9.53 Å². The van der Waals surface area contributed by atoms with Crippen LogP contribution < -0.4 is 5.32 Å². The summed E-state index contributed by atoms with van der Waals surface area (Å²) in [5, 5.41) is 3.30. The normalized spacial score (nSPS) is 17.4. The fourth-order valence-corrected chi connectivity index (χ4v) is 2.53. The molecular formula is C18H17N3O2. The number of rotatable bonds is 4. The molecule has 3 rings (SSSR count). The molecule has 2 heterocycles. The second-order valence-electron chi connectivity index (χ2n) is 5.42. The molecule has 5 nitrogen and oxygen atoms in total. The third-order valence-corrected chi connectivity index (χ3v) is 3.83. The van der Waals surface area contributed by atoms with Crippen LogP contribution in [0.15, 0.2) is 42.6 Å². The smallest absolute Gasteiger partial charge is 0.269 e. The Hall–Kier alpha value is -2.55. The third-order valence-electron chi connectivity index (χ3n) is 3.83. The lowest BCUT2D eigenvalue weighted by Gasteiger charge is -2.24. The van der Waals surface area contributed by atoms with Gasteiger partial charge in [-0.2, -0.15) is 0 Å². The van der Waals surface area contributed by atoms with E-state index in [0.717, 1.165) is 30.8 Å². The lowest BCUT2D eigenvalue weighted by atomic mass is 10.0. The summed E-state index contributed by atoms with van der Waals surface area (Å²) in [6.45, 7) is 9.30. The van der Waals surface area contributed by atoms with Crippen molar-refractivity contribution in [2.45, 2.75) is 12.5 Å². The van der Waals surface area contributed by atoms with Crippen molar-refractivity contribution in [3.63, 3.8) is 0 Å². The Labute approximate surface area is 135 Å². The summed E-state index contributed by atoms with van der Waals surface area (Å²) in [6, 6.07) is 11.2. The second kappa shape index (κ2) is 7.14. The number of hydrogen-bond donors (Lipinski definition) is 1. The van der Waals surface area contributed by atoms with E-state index in [1.807, 2.05) is 24.3 Å². The number of morpholine rings is 1. The van der Waals surface area contributed by atoms with Crippen molar-refractivity contribution in [3.8, 4) is 0 Å². The SMILES string of the molecule is [C-]#[N+]c1ccc(C(=O)Cc2ccc([C@H]3CNCCO3)cc2)cn1. The molecule has 2 aromatic rings. The molecule has 1 N–H and O–H groups in total. The Bertz CT molecular complexity index is 711. The van der Waals surface area contributed by atoms with Crippen molar-refractivity contribution in [2.75, 3.05) is 19.7 Å². The third kappa shape index (κ3) is 3.81. The van der Waals surface area contributed by atoms with E-state index in [-0.39, 0.29) is 11.9 Å². The zero-order valence-electron chi connectivity index (χ0n) is 12.7. The van der Waals surface area contributed by atoms with Gasteiger partial charge in [0, 0.05) is 19.5 Å². The van der Waals surface area contributed by atoms with Gasteiger partial charge in [-0.15, -0.1) is 4.98 Å². The minimum atomic E-state index is -0.00244. The number of carbonyl (C=O) groups excluding carboxylic acids is 1. The maximum atomic E-state index is 12.2. The summed E-state index contributed by atoms with van der Waals surface area (Å²) in [4.78, 5) is 19.4. The Balaban J connectivity index is 1.65. The highest BCUT2D eigenvalue weighted by molar-refractivity contribution is 5.97. The predicted molar refractivity (Wildman–Crippen MR) is 86.5 cm³/mol. The van der Waals surface area contributed by atoms with Crippen LogP contribution in [0.4, 0.5) is 5.82 Å². The topological polar surface area (TPSA) is 55.6 Å².